The first-order valence-corrected chi connectivity index (χ1v) is 32.3. The fourth-order valence-corrected chi connectivity index (χ4v) is 13.2. The molecule has 9 rings (SSSR count). The van der Waals surface area contributed by atoms with Crippen molar-refractivity contribution in [1.29, 1.82) is 0 Å². The fraction of sp³-hybridized carbons (Fsp3) is 0.529. The summed E-state index contributed by atoms with van der Waals surface area (Å²) in [5.74, 6) is -3.14. The molecule has 4 aromatic rings. The molecule has 3 aliphatic carbocycles. The summed E-state index contributed by atoms with van der Waals surface area (Å²) in [4.78, 5) is 115. The number of nitrogens with two attached hydrogens (primary N) is 3. The summed E-state index contributed by atoms with van der Waals surface area (Å²) in [6.07, 6.45) is 15.3. The number of nitrogens with one attached hydrogen (secondary N) is 3. The maximum Gasteiger partial charge on any atom is 0.346 e. The average molecular weight is 1240 g/mol. The standard InChI is InChI=1S/C68H90N12O10/c1-78(34-36-89-37-35-79(2)66(87)58-43-50(76-77-72)44-80(58)65(86)45-21-25-51-46(38-45)39-63(85)90-67(51)88)62(84)29-30-68-55-40-47(73-59(81)18-12-6-3-9-15-31-69)22-26-52(55)64(53-27-23-48(41-56(53)68)74-60(82)19-13-7-4-10-16-32-70)54-28-24-49(42-57(54)68)75-61(83)20-14-8-5-11-17-33-71/h21-28,38,40-42,50,58,64H,3-20,29-37,39,43-44,69-71H2,1-2H3,(H,73,81)(H,74,82)(H,75,83). The van der Waals surface area contributed by atoms with Crippen LogP contribution >= 0.6 is 0 Å². The Hall–Kier alpha value is -8.01. The predicted molar refractivity (Wildman–Crippen MR) is 345 cm³/mol. The second-order valence-corrected chi connectivity index (χ2v) is 24.4. The van der Waals surface area contributed by atoms with Crippen molar-refractivity contribution in [3.63, 3.8) is 0 Å². The van der Waals surface area contributed by atoms with Crippen LogP contribution in [0.5, 0.6) is 0 Å². The second-order valence-electron chi connectivity index (χ2n) is 24.4. The number of likely N-dealkylation sites (tertiary alicyclic amines) is 1. The molecule has 0 spiro atoms. The Morgan fingerprint density at radius 1 is 0.633 bits per heavy atom. The van der Waals surface area contributed by atoms with Gasteiger partial charge >= 0.3 is 11.9 Å². The zero-order valence-corrected chi connectivity index (χ0v) is 52.4. The summed E-state index contributed by atoms with van der Waals surface area (Å²) in [6.45, 7) is 2.52. The molecule has 5 aliphatic rings. The number of benzene rings is 4. The number of carbonyl (C=O) groups is 8. The number of hydrogen-bond acceptors (Lipinski definition) is 14. The van der Waals surface area contributed by atoms with E-state index in [1.165, 1.54) is 28.0 Å². The number of carbonyl (C=O) groups excluding carboxylic acids is 8. The monoisotopic (exact) mass is 1230 g/mol. The average Bonchev–Trinajstić information content (AvgIpc) is 0.903. The normalized spacial score (nSPS) is 17.5. The SMILES string of the molecule is CN(CCOCCN(C)C(=O)C1CC(N=[N+]=[N-])CN1C(=O)c1ccc2c(c1)CC(=O)OC2=O)C(=O)CCC12c3cc(NC(=O)CCCCCCCN)ccc3C(c3ccc(NC(=O)CCCCCCCN)cc31)c1ccc(NC(=O)CCCCCCCN)cc12. The fourth-order valence-electron chi connectivity index (χ4n) is 13.2. The lowest BCUT2D eigenvalue weighted by Crippen LogP contribution is -2.47. The van der Waals surface area contributed by atoms with Crippen molar-refractivity contribution in [2.75, 3.05) is 82.5 Å². The van der Waals surface area contributed by atoms with Gasteiger partial charge in [0.15, 0.2) is 0 Å². The van der Waals surface area contributed by atoms with Gasteiger partial charge < -0.3 is 57.3 Å². The highest BCUT2D eigenvalue weighted by Gasteiger charge is 2.52. The molecular formula is C68H90N12O10. The van der Waals surface area contributed by atoms with Gasteiger partial charge in [-0.25, -0.2) is 4.79 Å². The maximum absolute atomic E-state index is 14.7. The number of rotatable bonds is 36. The van der Waals surface area contributed by atoms with Gasteiger partial charge in [0.25, 0.3) is 5.91 Å². The lowest BCUT2D eigenvalue weighted by Gasteiger charge is -2.51. The van der Waals surface area contributed by atoms with Crippen LogP contribution in [-0.4, -0.2) is 141 Å². The number of ether oxygens (including phenoxy) is 2. The van der Waals surface area contributed by atoms with Gasteiger partial charge in [-0.3, -0.25) is 33.6 Å². The molecule has 22 heteroatoms. The molecule has 22 nitrogen and oxygen atoms in total. The lowest BCUT2D eigenvalue weighted by atomic mass is 9.51. The number of likely N-dealkylation sites (N-methyl/N-ethyl adjacent to an activating group) is 2. The molecule has 2 bridgehead atoms. The minimum Gasteiger partial charge on any atom is -0.389 e. The highest BCUT2D eigenvalue weighted by molar-refractivity contribution is 6.05. The van der Waals surface area contributed by atoms with Crippen LogP contribution in [0.3, 0.4) is 0 Å². The number of fused-ring (bicyclic) bond motifs is 1. The molecule has 9 N–H and O–H groups in total. The van der Waals surface area contributed by atoms with Crippen molar-refractivity contribution < 1.29 is 47.8 Å². The lowest BCUT2D eigenvalue weighted by molar-refractivity contribution is -0.138. The van der Waals surface area contributed by atoms with Crippen molar-refractivity contribution in [3.8, 4) is 0 Å². The highest BCUT2D eigenvalue weighted by atomic mass is 16.6. The molecule has 1 saturated heterocycles. The maximum atomic E-state index is 14.7. The molecule has 6 amide bonds. The van der Waals surface area contributed by atoms with Crippen LogP contribution in [0.1, 0.15) is 200 Å². The van der Waals surface area contributed by atoms with Crippen molar-refractivity contribution in [2.45, 2.75) is 165 Å². The number of amides is 6. The van der Waals surface area contributed by atoms with Crippen LogP contribution in [0.15, 0.2) is 77.9 Å². The number of hydrogen-bond donors (Lipinski definition) is 6. The van der Waals surface area contributed by atoms with E-state index in [4.69, 9.17) is 26.7 Å². The molecule has 2 unspecified atom stereocenters. The summed E-state index contributed by atoms with van der Waals surface area (Å²) in [7, 11) is 3.31. The van der Waals surface area contributed by atoms with Gasteiger partial charge in [0.2, 0.25) is 29.5 Å². The Morgan fingerprint density at radius 2 is 1.10 bits per heavy atom. The Morgan fingerprint density at radius 3 is 1.58 bits per heavy atom. The van der Waals surface area contributed by atoms with Crippen molar-refractivity contribution >= 4 is 64.4 Å². The molecule has 90 heavy (non-hydrogen) atoms. The first-order valence-electron chi connectivity index (χ1n) is 32.3. The third-order valence-electron chi connectivity index (χ3n) is 18.0. The van der Waals surface area contributed by atoms with Gasteiger partial charge in [-0.05, 0) is 170 Å². The smallest absolute Gasteiger partial charge is 0.346 e. The van der Waals surface area contributed by atoms with E-state index in [0.29, 0.717) is 61.5 Å². The van der Waals surface area contributed by atoms with Crippen LogP contribution in [0.4, 0.5) is 17.1 Å². The van der Waals surface area contributed by atoms with Crippen LogP contribution in [0.2, 0.25) is 0 Å². The van der Waals surface area contributed by atoms with E-state index in [9.17, 15) is 43.9 Å². The largest absolute Gasteiger partial charge is 0.389 e. The summed E-state index contributed by atoms with van der Waals surface area (Å²) >= 11 is 0. The molecular weight excluding hydrogens is 1140 g/mol. The Balaban J connectivity index is 0.999. The quantitative estimate of drug-likeness (QED) is 0.00619. The number of unbranched alkanes of at least 4 members (excludes halogenated alkanes) is 12. The van der Waals surface area contributed by atoms with Gasteiger partial charge in [-0.15, -0.1) is 0 Å². The first kappa shape index (κ1) is 67.9. The van der Waals surface area contributed by atoms with E-state index in [1.807, 2.05) is 36.4 Å². The van der Waals surface area contributed by atoms with Gasteiger partial charge in [0.1, 0.15) is 6.04 Å². The molecule has 0 radical (unpaired) electrons. The van der Waals surface area contributed by atoms with Crippen molar-refractivity contribution in [1.82, 2.24) is 14.7 Å². The minimum atomic E-state index is -1.01. The van der Waals surface area contributed by atoms with Gasteiger partial charge in [-0.1, -0.05) is 81.1 Å². The van der Waals surface area contributed by atoms with E-state index in [0.717, 1.165) is 130 Å². The Bertz CT molecular complexity index is 3100. The van der Waals surface area contributed by atoms with Crippen LogP contribution in [-0.2, 0) is 50.1 Å². The molecule has 1 fully saturated rings. The number of cyclic esters (lactones) is 2. The summed E-state index contributed by atoms with van der Waals surface area (Å²) < 4.78 is 10.8. The summed E-state index contributed by atoms with van der Waals surface area (Å²) in [5.41, 5.74) is 33.8. The molecule has 2 atom stereocenters. The Labute approximate surface area is 527 Å². The third-order valence-corrected chi connectivity index (χ3v) is 18.0. The van der Waals surface area contributed by atoms with E-state index in [2.05, 4.69) is 44.2 Å². The molecule has 2 aliphatic heterocycles. The molecule has 482 valence electrons. The zero-order valence-electron chi connectivity index (χ0n) is 52.4. The van der Waals surface area contributed by atoms with Crippen LogP contribution < -0.4 is 33.2 Å². The minimum absolute atomic E-state index is 0.0165. The van der Waals surface area contributed by atoms with Crippen LogP contribution in [0, 0.1) is 0 Å². The summed E-state index contributed by atoms with van der Waals surface area (Å²) in [6, 6.07) is 20.9. The predicted octanol–water partition coefficient (Wildman–Crippen LogP) is 9.09. The van der Waals surface area contributed by atoms with Gasteiger partial charge in [0.05, 0.1) is 31.2 Å². The van der Waals surface area contributed by atoms with Crippen molar-refractivity contribution in [3.05, 3.63) is 133 Å². The van der Waals surface area contributed by atoms with E-state index in [1.54, 1.807) is 19.0 Å². The van der Waals surface area contributed by atoms with E-state index >= 15 is 0 Å². The topological polar surface area (TPSA) is 328 Å². The Kier molecular flexibility index (Phi) is 25.0. The molecule has 0 aromatic heterocycles. The molecule has 0 saturated carbocycles. The van der Waals surface area contributed by atoms with Crippen molar-refractivity contribution in [2.24, 2.45) is 22.3 Å². The zero-order chi connectivity index (χ0) is 64.2. The second kappa shape index (κ2) is 33.2. The summed E-state index contributed by atoms with van der Waals surface area (Å²) in [5, 5.41) is 13.4. The number of azide groups is 1. The first-order chi connectivity index (χ1) is 43.6. The van der Waals surface area contributed by atoms with E-state index in [-0.39, 0.29) is 99.2 Å². The van der Waals surface area contributed by atoms with E-state index < -0.39 is 41.3 Å². The number of anilines is 3. The third kappa shape index (κ3) is 17.1. The molecule has 2 heterocycles. The number of nitrogens with zero attached hydrogens (tertiary/aromatic N) is 6. The van der Waals surface area contributed by atoms with Gasteiger partial charge in [0, 0.05) is 98.3 Å². The molecule has 4 aromatic carbocycles. The number of esters is 2. The van der Waals surface area contributed by atoms with Crippen LogP contribution in [0.25, 0.3) is 10.4 Å². The highest BCUT2D eigenvalue weighted by Crippen LogP contribution is 2.62. The van der Waals surface area contributed by atoms with Gasteiger partial charge in [-0.2, -0.15) is 0 Å².